The molecule has 4 heteroatoms. The molecular weight excluding hydrogens is 264 g/mol. The first kappa shape index (κ1) is 13.9. The number of nitrogens with one attached hydrogen (secondary N) is 1. The van der Waals surface area contributed by atoms with Crippen molar-refractivity contribution in [3.8, 4) is 0 Å². The highest BCUT2D eigenvalue weighted by molar-refractivity contribution is 5.98. The Balaban J connectivity index is 1.98. The van der Waals surface area contributed by atoms with Gasteiger partial charge in [0.25, 0.3) is 0 Å². The predicted octanol–water partition coefficient (Wildman–Crippen LogP) is 2.04. The minimum absolute atomic E-state index is 0.0124. The Morgan fingerprint density at radius 1 is 1.29 bits per heavy atom. The van der Waals surface area contributed by atoms with Gasteiger partial charge in [-0.2, -0.15) is 0 Å². The fraction of sp³-hybridized carbons (Fsp3) is 0.412. The average Bonchev–Trinajstić information content (AvgIpc) is 3.33. The Hall–Kier alpha value is -2.10. The van der Waals surface area contributed by atoms with Crippen molar-refractivity contribution in [3.05, 3.63) is 48.6 Å². The number of hydrogen-bond acceptors (Lipinski definition) is 2. The van der Waals surface area contributed by atoms with Gasteiger partial charge in [-0.3, -0.25) is 9.59 Å². The average molecular weight is 284 g/mol. The summed E-state index contributed by atoms with van der Waals surface area (Å²) in [6.45, 7) is 5.69. The molecule has 3 rings (SSSR count). The molecule has 1 saturated heterocycles. The van der Waals surface area contributed by atoms with Crippen LogP contribution in [0.4, 0.5) is 0 Å². The van der Waals surface area contributed by atoms with Crippen molar-refractivity contribution in [2.24, 2.45) is 5.92 Å². The Labute approximate surface area is 124 Å². The SMILES string of the molecule is C=CC(C)N1C(=O)C(C2CC2)NC(=O)C1c1ccccc1. The van der Waals surface area contributed by atoms with Gasteiger partial charge in [0.15, 0.2) is 0 Å². The first-order chi connectivity index (χ1) is 10.1. The van der Waals surface area contributed by atoms with E-state index >= 15 is 0 Å². The van der Waals surface area contributed by atoms with E-state index in [1.165, 1.54) is 0 Å². The first-order valence-corrected chi connectivity index (χ1v) is 7.43. The van der Waals surface area contributed by atoms with E-state index in [1.54, 1.807) is 11.0 Å². The number of hydrogen-bond donors (Lipinski definition) is 1. The molecule has 0 bridgehead atoms. The van der Waals surface area contributed by atoms with E-state index in [4.69, 9.17) is 0 Å². The van der Waals surface area contributed by atoms with Crippen molar-refractivity contribution in [2.45, 2.75) is 37.9 Å². The summed E-state index contributed by atoms with van der Waals surface area (Å²) in [7, 11) is 0. The molecule has 3 unspecified atom stereocenters. The van der Waals surface area contributed by atoms with Crippen LogP contribution in [0, 0.1) is 5.92 Å². The van der Waals surface area contributed by atoms with E-state index in [9.17, 15) is 9.59 Å². The number of amides is 2. The molecule has 0 spiro atoms. The van der Waals surface area contributed by atoms with Crippen molar-refractivity contribution in [1.29, 1.82) is 0 Å². The molecule has 0 radical (unpaired) electrons. The van der Waals surface area contributed by atoms with Gasteiger partial charge in [0.1, 0.15) is 12.1 Å². The van der Waals surface area contributed by atoms with Crippen LogP contribution in [0.1, 0.15) is 31.4 Å². The van der Waals surface area contributed by atoms with Crippen LogP contribution >= 0.6 is 0 Å². The van der Waals surface area contributed by atoms with Crippen LogP contribution in [0.15, 0.2) is 43.0 Å². The van der Waals surface area contributed by atoms with Crippen molar-refractivity contribution in [1.82, 2.24) is 10.2 Å². The third-order valence-electron chi connectivity index (χ3n) is 4.33. The second-order valence-corrected chi connectivity index (χ2v) is 5.86. The molecule has 2 aliphatic rings. The van der Waals surface area contributed by atoms with Crippen molar-refractivity contribution in [3.63, 3.8) is 0 Å². The zero-order valence-electron chi connectivity index (χ0n) is 12.2. The second-order valence-electron chi connectivity index (χ2n) is 5.86. The normalized spacial score (nSPS) is 27.2. The number of benzene rings is 1. The van der Waals surface area contributed by atoms with Gasteiger partial charge in [-0.05, 0) is 31.2 Å². The molecule has 1 N–H and O–H groups in total. The lowest BCUT2D eigenvalue weighted by molar-refractivity contribution is -0.151. The van der Waals surface area contributed by atoms with Crippen LogP contribution in [-0.2, 0) is 9.59 Å². The van der Waals surface area contributed by atoms with Gasteiger partial charge in [-0.15, -0.1) is 6.58 Å². The summed E-state index contributed by atoms with van der Waals surface area (Å²) in [6, 6.07) is 8.35. The lowest BCUT2D eigenvalue weighted by Gasteiger charge is -2.41. The molecule has 3 atom stereocenters. The molecule has 1 heterocycles. The van der Waals surface area contributed by atoms with Crippen LogP contribution in [0.25, 0.3) is 0 Å². The van der Waals surface area contributed by atoms with Crippen molar-refractivity contribution >= 4 is 11.8 Å². The maximum atomic E-state index is 12.8. The van der Waals surface area contributed by atoms with Crippen molar-refractivity contribution in [2.75, 3.05) is 0 Å². The summed E-state index contributed by atoms with van der Waals surface area (Å²) < 4.78 is 0. The second kappa shape index (κ2) is 5.35. The fourth-order valence-electron chi connectivity index (χ4n) is 2.95. The standard InChI is InChI=1S/C17H20N2O2/c1-3-11(2)19-15(13-7-5-4-6-8-13)16(20)18-14(17(19)21)12-9-10-12/h3-8,11-12,14-15H,1,9-10H2,2H3,(H,18,20). The van der Waals surface area contributed by atoms with Gasteiger partial charge in [-0.1, -0.05) is 36.4 Å². The molecule has 2 fully saturated rings. The van der Waals surface area contributed by atoms with Crippen LogP contribution in [0.2, 0.25) is 0 Å². The summed E-state index contributed by atoms with van der Waals surface area (Å²) in [5.74, 6) is 0.224. The van der Waals surface area contributed by atoms with Gasteiger partial charge in [0.05, 0.1) is 0 Å². The maximum Gasteiger partial charge on any atom is 0.248 e. The molecule has 21 heavy (non-hydrogen) atoms. The van der Waals surface area contributed by atoms with E-state index in [0.717, 1.165) is 18.4 Å². The Morgan fingerprint density at radius 2 is 1.95 bits per heavy atom. The number of carbonyl (C=O) groups is 2. The maximum absolute atomic E-state index is 12.8. The highest BCUT2D eigenvalue weighted by Crippen LogP contribution is 2.38. The molecule has 4 nitrogen and oxygen atoms in total. The summed E-state index contributed by atoms with van der Waals surface area (Å²) >= 11 is 0. The molecule has 0 aromatic heterocycles. The van der Waals surface area contributed by atoms with E-state index in [0.29, 0.717) is 5.92 Å². The first-order valence-electron chi connectivity index (χ1n) is 7.43. The number of rotatable bonds is 4. The molecule has 1 saturated carbocycles. The number of nitrogens with zero attached hydrogens (tertiary/aromatic N) is 1. The Bertz CT molecular complexity index is 565. The summed E-state index contributed by atoms with van der Waals surface area (Å²) in [5.41, 5.74) is 0.839. The molecule has 1 aromatic carbocycles. The molecule has 110 valence electrons. The third-order valence-corrected chi connectivity index (χ3v) is 4.33. The predicted molar refractivity (Wildman–Crippen MR) is 80.3 cm³/mol. The lowest BCUT2D eigenvalue weighted by Crippen LogP contribution is -2.61. The van der Waals surface area contributed by atoms with Gasteiger partial charge in [0, 0.05) is 6.04 Å². The van der Waals surface area contributed by atoms with Gasteiger partial charge >= 0.3 is 0 Å². The van der Waals surface area contributed by atoms with E-state index in [-0.39, 0.29) is 23.9 Å². The summed E-state index contributed by atoms with van der Waals surface area (Å²) in [6.07, 6.45) is 3.75. The van der Waals surface area contributed by atoms with Gasteiger partial charge in [-0.25, -0.2) is 0 Å². The van der Waals surface area contributed by atoms with Crippen LogP contribution in [-0.4, -0.2) is 28.8 Å². The van der Waals surface area contributed by atoms with Gasteiger partial charge < -0.3 is 10.2 Å². The molecular formula is C17H20N2O2. The minimum atomic E-state index is -0.568. The van der Waals surface area contributed by atoms with Gasteiger partial charge in [0.2, 0.25) is 11.8 Å². The molecule has 1 aliphatic heterocycles. The van der Waals surface area contributed by atoms with Crippen LogP contribution < -0.4 is 5.32 Å². The zero-order chi connectivity index (χ0) is 15.0. The topological polar surface area (TPSA) is 49.4 Å². The van der Waals surface area contributed by atoms with Crippen LogP contribution in [0.5, 0.6) is 0 Å². The summed E-state index contributed by atoms with van der Waals surface area (Å²) in [4.78, 5) is 27.1. The number of piperazine rings is 1. The Morgan fingerprint density at radius 3 is 2.52 bits per heavy atom. The summed E-state index contributed by atoms with van der Waals surface area (Å²) in [5, 5.41) is 2.92. The van der Waals surface area contributed by atoms with Crippen molar-refractivity contribution < 1.29 is 9.59 Å². The Kier molecular flexibility index (Phi) is 3.53. The molecule has 1 aromatic rings. The smallest absolute Gasteiger partial charge is 0.248 e. The zero-order valence-corrected chi connectivity index (χ0v) is 12.2. The van der Waals surface area contributed by atoms with E-state index in [1.807, 2.05) is 37.3 Å². The fourth-order valence-corrected chi connectivity index (χ4v) is 2.95. The van der Waals surface area contributed by atoms with E-state index in [2.05, 4.69) is 11.9 Å². The lowest BCUT2D eigenvalue weighted by atomic mass is 9.96. The molecule has 1 aliphatic carbocycles. The monoisotopic (exact) mass is 284 g/mol. The number of carbonyl (C=O) groups excluding carboxylic acids is 2. The molecule has 2 amide bonds. The largest absolute Gasteiger partial charge is 0.342 e. The highest BCUT2D eigenvalue weighted by Gasteiger charge is 2.48. The minimum Gasteiger partial charge on any atom is -0.342 e. The van der Waals surface area contributed by atoms with Crippen LogP contribution in [0.3, 0.4) is 0 Å². The quantitative estimate of drug-likeness (QED) is 0.860. The highest BCUT2D eigenvalue weighted by atomic mass is 16.2. The third kappa shape index (κ3) is 2.46. The van der Waals surface area contributed by atoms with E-state index < -0.39 is 6.04 Å².